The summed E-state index contributed by atoms with van der Waals surface area (Å²) in [7, 11) is 0. The molecule has 0 spiro atoms. The van der Waals surface area contributed by atoms with Crippen molar-refractivity contribution in [1.82, 2.24) is 5.43 Å². The first-order valence-corrected chi connectivity index (χ1v) is 6.90. The molecule has 0 saturated heterocycles. The number of rotatable bonds is 3. The van der Waals surface area contributed by atoms with E-state index in [1.165, 1.54) is 18.9 Å². The monoisotopic (exact) mass is 270 g/mol. The molecule has 2 rings (SSSR count). The molecule has 1 aliphatic rings. The van der Waals surface area contributed by atoms with Crippen LogP contribution in [0.1, 0.15) is 44.2 Å². The van der Waals surface area contributed by atoms with E-state index in [1.807, 2.05) is 0 Å². The van der Waals surface area contributed by atoms with Gasteiger partial charge in [-0.25, -0.2) is 4.39 Å². The maximum absolute atomic E-state index is 13.2. The van der Waals surface area contributed by atoms with Gasteiger partial charge in [0, 0.05) is 6.04 Å². The fourth-order valence-corrected chi connectivity index (χ4v) is 3.02. The second-order valence-corrected chi connectivity index (χ2v) is 5.75. The number of nitrogens with two attached hydrogens (primary N) is 1. The molecular weight excluding hydrogens is 251 g/mol. The van der Waals surface area contributed by atoms with Crippen LogP contribution in [0, 0.1) is 17.7 Å². The molecule has 2 nitrogen and oxygen atoms in total. The summed E-state index contributed by atoms with van der Waals surface area (Å²) >= 11 is 5.83. The Morgan fingerprint density at radius 1 is 1.33 bits per heavy atom. The lowest BCUT2D eigenvalue weighted by atomic mass is 9.77. The van der Waals surface area contributed by atoms with E-state index in [-0.39, 0.29) is 16.9 Å². The van der Waals surface area contributed by atoms with Crippen molar-refractivity contribution in [3.8, 4) is 0 Å². The summed E-state index contributed by atoms with van der Waals surface area (Å²) in [5.74, 6) is 6.60. The molecule has 1 atom stereocenters. The molecule has 100 valence electrons. The molecule has 0 heterocycles. The molecule has 3 N–H and O–H groups in total. The standard InChI is InChI=1S/C14H20ClFN2/c1-9-2-4-10(5-3-9)14(18-17)11-6-7-13(16)12(15)8-11/h6-10,14,18H,2-5,17H2,1H3. The minimum absolute atomic E-state index is 0.0654. The number of hydrogen-bond donors (Lipinski definition) is 2. The maximum atomic E-state index is 13.2. The van der Waals surface area contributed by atoms with Gasteiger partial charge < -0.3 is 0 Å². The van der Waals surface area contributed by atoms with Crippen LogP contribution < -0.4 is 11.3 Å². The van der Waals surface area contributed by atoms with E-state index in [9.17, 15) is 4.39 Å². The van der Waals surface area contributed by atoms with E-state index < -0.39 is 0 Å². The van der Waals surface area contributed by atoms with Crippen molar-refractivity contribution in [3.05, 3.63) is 34.6 Å². The van der Waals surface area contributed by atoms with Gasteiger partial charge in [0.15, 0.2) is 0 Å². The normalized spacial score (nSPS) is 26.0. The van der Waals surface area contributed by atoms with Crippen LogP contribution in [0.2, 0.25) is 5.02 Å². The fourth-order valence-electron chi connectivity index (χ4n) is 2.83. The first-order valence-electron chi connectivity index (χ1n) is 6.53. The zero-order valence-electron chi connectivity index (χ0n) is 10.6. The van der Waals surface area contributed by atoms with Crippen molar-refractivity contribution in [2.24, 2.45) is 17.7 Å². The predicted molar refractivity (Wildman–Crippen MR) is 72.6 cm³/mol. The van der Waals surface area contributed by atoms with Crippen LogP contribution in [0.15, 0.2) is 18.2 Å². The average molecular weight is 271 g/mol. The predicted octanol–water partition coefficient (Wildman–Crippen LogP) is 3.81. The van der Waals surface area contributed by atoms with Gasteiger partial charge in [0.2, 0.25) is 0 Å². The molecule has 1 aromatic carbocycles. The molecule has 18 heavy (non-hydrogen) atoms. The number of nitrogens with one attached hydrogen (secondary N) is 1. The maximum Gasteiger partial charge on any atom is 0.141 e. The van der Waals surface area contributed by atoms with Crippen molar-refractivity contribution >= 4 is 11.6 Å². The van der Waals surface area contributed by atoms with Gasteiger partial charge in [-0.15, -0.1) is 0 Å². The summed E-state index contributed by atoms with van der Waals surface area (Å²) in [6.07, 6.45) is 4.78. The van der Waals surface area contributed by atoms with Crippen molar-refractivity contribution < 1.29 is 4.39 Å². The highest BCUT2D eigenvalue weighted by Crippen LogP contribution is 2.37. The third-order valence-electron chi connectivity index (χ3n) is 4.01. The molecule has 0 aliphatic heterocycles. The van der Waals surface area contributed by atoms with E-state index in [2.05, 4.69) is 12.3 Å². The van der Waals surface area contributed by atoms with Gasteiger partial charge in [0.05, 0.1) is 5.02 Å². The Kier molecular flexibility index (Phi) is 4.60. The summed E-state index contributed by atoms with van der Waals surface area (Å²) in [5, 5.41) is 0.164. The minimum Gasteiger partial charge on any atom is -0.271 e. The smallest absolute Gasteiger partial charge is 0.141 e. The number of hydrogen-bond acceptors (Lipinski definition) is 2. The molecule has 1 aromatic rings. The summed E-state index contributed by atoms with van der Waals surface area (Å²) in [6.45, 7) is 2.29. The highest BCUT2D eigenvalue weighted by atomic mass is 35.5. The number of benzene rings is 1. The third kappa shape index (κ3) is 3.02. The Morgan fingerprint density at radius 2 is 2.00 bits per heavy atom. The van der Waals surface area contributed by atoms with Crippen LogP contribution in [0.25, 0.3) is 0 Å². The Balaban J connectivity index is 2.14. The van der Waals surface area contributed by atoms with Crippen molar-refractivity contribution in [2.45, 2.75) is 38.6 Å². The third-order valence-corrected chi connectivity index (χ3v) is 4.30. The number of hydrazine groups is 1. The van der Waals surface area contributed by atoms with E-state index in [4.69, 9.17) is 17.4 Å². The van der Waals surface area contributed by atoms with Crippen LogP contribution >= 0.6 is 11.6 Å². The molecule has 4 heteroatoms. The second-order valence-electron chi connectivity index (χ2n) is 5.34. The van der Waals surface area contributed by atoms with E-state index in [0.717, 1.165) is 24.3 Å². The summed E-state index contributed by atoms with van der Waals surface area (Å²) in [6, 6.07) is 4.92. The molecular formula is C14H20ClFN2. The molecule has 1 aliphatic carbocycles. The molecule has 1 fully saturated rings. The lowest BCUT2D eigenvalue weighted by Gasteiger charge is -2.32. The second kappa shape index (κ2) is 6.00. The fraction of sp³-hybridized carbons (Fsp3) is 0.571. The largest absolute Gasteiger partial charge is 0.271 e. The first-order chi connectivity index (χ1) is 8.61. The van der Waals surface area contributed by atoms with Gasteiger partial charge in [0.1, 0.15) is 5.82 Å². The lowest BCUT2D eigenvalue weighted by molar-refractivity contribution is 0.232. The first kappa shape index (κ1) is 13.8. The molecule has 1 saturated carbocycles. The van der Waals surface area contributed by atoms with Crippen molar-refractivity contribution in [3.63, 3.8) is 0 Å². The van der Waals surface area contributed by atoms with Crippen LogP contribution in [0.5, 0.6) is 0 Å². The van der Waals surface area contributed by atoms with Gasteiger partial charge in [-0.05, 0) is 42.4 Å². The van der Waals surface area contributed by atoms with E-state index in [1.54, 1.807) is 12.1 Å². The quantitative estimate of drug-likeness (QED) is 0.647. The van der Waals surface area contributed by atoms with E-state index in [0.29, 0.717) is 5.92 Å². The highest BCUT2D eigenvalue weighted by Gasteiger charge is 2.26. The van der Waals surface area contributed by atoms with Crippen LogP contribution in [-0.4, -0.2) is 0 Å². The van der Waals surface area contributed by atoms with Gasteiger partial charge in [0.25, 0.3) is 0 Å². The van der Waals surface area contributed by atoms with Gasteiger partial charge in [-0.1, -0.05) is 37.4 Å². The topological polar surface area (TPSA) is 38.0 Å². The Morgan fingerprint density at radius 3 is 2.56 bits per heavy atom. The van der Waals surface area contributed by atoms with Crippen LogP contribution in [0.3, 0.4) is 0 Å². The molecule has 0 amide bonds. The zero-order chi connectivity index (χ0) is 13.1. The van der Waals surface area contributed by atoms with Crippen LogP contribution in [-0.2, 0) is 0 Å². The zero-order valence-corrected chi connectivity index (χ0v) is 11.4. The summed E-state index contributed by atoms with van der Waals surface area (Å²) < 4.78 is 13.2. The van der Waals surface area contributed by atoms with Crippen molar-refractivity contribution in [1.29, 1.82) is 0 Å². The summed E-state index contributed by atoms with van der Waals surface area (Å²) in [4.78, 5) is 0. The average Bonchev–Trinajstić information content (AvgIpc) is 2.37. The molecule has 1 unspecified atom stereocenters. The minimum atomic E-state index is -0.381. The Hall–Kier alpha value is -0.640. The van der Waals surface area contributed by atoms with Crippen molar-refractivity contribution in [2.75, 3.05) is 0 Å². The van der Waals surface area contributed by atoms with Crippen LogP contribution in [0.4, 0.5) is 4.39 Å². The SMILES string of the molecule is CC1CCC(C(NN)c2ccc(F)c(Cl)c2)CC1. The Bertz CT molecular complexity index is 403. The number of halogens is 2. The van der Waals surface area contributed by atoms with Gasteiger partial charge in [-0.2, -0.15) is 0 Å². The van der Waals surface area contributed by atoms with Gasteiger partial charge >= 0.3 is 0 Å². The lowest BCUT2D eigenvalue weighted by Crippen LogP contribution is -2.35. The molecule has 0 aromatic heterocycles. The van der Waals surface area contributed by atoms with E-state index >= 15 is 0 Å². The molecule has 0 bridgehead atoms. The molecule has 0 radical (unpaired) electrons. The van der Waals surface area contributed by atoms with Gasteiger partial charge in [-0.3, -0.25) is 11.3 Å². The highest BCUT2D eigenvalue weighted by molar-refractivity contribution is 6.30. The summed E-state index contributed by atoms with van der Waals surface area (Å²) in [5.41, 5.74) is 3.84. The Labute approximate surface area is 113 Å².